The summed E-state index contributed by atoms with van der Waals surface area (Å²) in [7, 11) is 0. The van der Waals surface area contributed by atoms with E-state index in [0.717, 1.165) is 18.3 Å². The van der Waals surface area contributed by atoms with Gasteiger partial charge < -0.3 is 10.0 Å². The summed E-state index contributed by atoms with van der Waals surface area (Å²) in [6.07, 6.45) is 9.30. The Morgan fingerprint density at radius 3 is 2.74 bits per heavy atom. The van der Waals surface area contributed by atoms with Gasteiger partial charge in [-0.2, -0.15) is 0 Å². The fraction of sp³-hybridized carbons (Fsp3) is 0.714. The van der Waals surface area contributed by atoms with Gasteiger partial charge in [-0.25, -0.2) is 9.97 Å². The molecule has 2 aliphatic rings. The minimum absolute atomic E-state index is 0.0944. The lowest BCUT2D eigenvalue weighted by Crippen LogP contribution is -2.36. The normalized spacial score (nSPS) is 24.3. The maximum absolute atomic E-state index is 9.52. The number of aliphatic hydroxyl groups is 1. The third-order valence-corrected chi connectivity index (χ3v) is 4.87. The summed E-state index contributed by atoms with van der Waals surface area (Å²) in [5, 5.41) is 9.90. The lowest BCUT2D eigenvalue weighted by atomic mass is 9.96. The van der Waals surface area contributed by atoms with Crippen LogP contribution in [0.15, 0.2) is 6.33 Å². The molecule has 0 radical (unpaired) electrons. The van der Waals surface area contributed by atoms with Crippen molar-refractivity contribution < 1.29 is 5.11 Å². The van der Waals surface area contributed by atoms with Crippen LogP contribution in [-0.2, 0) is 6.61 Å². The van der Waals surface area contributed by atoms with E-state index < -0.39 is 0 Å². The molecule has 1 atom stereocenters. The van der Waals surface area contributed by atoms with E-state index in [1.807, 2.05) is 0 Å². The zero-order valence-corrected chi connectivity index (χ0v) is 11.8. The predicted molar refractivity (Wildman–Crippen MR) is 75.3 cm³/mol. The molecule has 1 N–H and O–H groups in total. The molecule has 104 valence electrons. The van der Waals surface area contributed by atoms with Gasteiger partial charge in [0.2, 0.25) is 0 Å². The molecule has 0 spiro atoms. The first-order valence-electron chi connectivity index (χ1n) is 7.18. The molecule has 1 saturated heterocycles. The van der Waals surface area contributed by atoms with Gasteiger partial charge in [0.25, 0.3) is 0 Å². The van der Waals surface area contributed by atoms with Gasteiger partial charge in [-0.3, -0.25) is 0 Å². The molecule has 0 bridgehead atoms. The van der Waals surface area contributed by atoms with Gasteiger partial charge in [0.05, 0.1) is 12.2 Å². The van der Waals surface area contributed by atoms with Crippen LogP contribution in [0.4, 0.5) is 5.82 Å². The second-order valence-electron chi connectivity index (χ2n) is 5.57. The van der Waals surface area contributed by atoms with Crippen molar-refractivity contribution in [2.45, 2.75) is 51.2 Å². The molecule has 1 aromatic heterocycles. The van der Waals surface area contributed by atoms with Crippen molar-refractivity contribution in [3.8, 4) is 0 Å². The van der Waals surface area contributed by atoms with Crippen molar-refractivity contribution in [2.24, 2.45) is 5.92 Å². The molecule has 0 aromatic carbocycles. The first-order valence-corrected chi connectivity index (χ1v) is 7.56. The van der Waals surface area contributed by atoms with Gasteiger partial charge in [-0.1, -0.05) is 24.4 Å². The summed E-state index contributed by atoms with van der Waals surface area (Å²) in [6, 6.07) is 0.568. The zero-order chi connectivity index (χ0) is 13.2. The topological polar surface area (TPSA) is 49.3 Å². The molecule has 2 fully saturated rings. The highest BCUT2D eigenvalue weighted by atomic mass is 35.5. The van der Waals surface area contributed by atoms with E-state index in [4.69, 9.17) is 11.6 Å². The first kappa shape index (κ1) is 13.1. The lowest BCUT2D eigenvalue weighted by molar-refractivity contribution is 0.280. The van der Waals surface area contributed by atoms with E-state index in [2.05, 4.69) is 14.9 Å². The second-order valence-corrected chi connectivity index (χ2v) is 5.93. The van der Waals surface area contributed by atoms with Crippen LogP contribution in [0.3, 0.4) is 0 Å². The average molecular weight is 282 g/mol. The van der Waals surface area contributed by atoms with Crippen molar-refractivity contribution in [3.63, 3.8) is 0 Å². The summed E-state index contributed by atoms with van der Waals surface area (Å²) in [4.78, 5) is 10.7. The van der Waals surface area contributed by atoms with Gasteiger partial charge in [0.1, 0.15) is 17.3 Å². The number of nitrogens with zero attached hydrogens (tertiary/aromatic N) is 3. The molecule has 4 nitrogen and oxygen atoms in total. The van der Waals surface area contributed by atoms with Crippen LogP contribution in [0.5, 0.6) is 0 Å². The van der Waals surface area contributed by atoms with E-state index in [0.29, 0.717) is 16.8 Å². The minimum atomic E-state index is -0.0944. The zero-order valence-electron chi connectivity index (χ0n) is 11.1. The Morgan fingerprint density at radius 1 is 1.21 bits per heavy atom. The Balaban J connectivity index is 1.89. The number of aromatic nitrogens is 2. The molecule has 1 aliphatic heterocycles. The standard InChI is InChI=1S/C14H20ClN3O/c15-13-11(8-19)14(17-9-16-13)18-7-3-6-12(18)10-4-1-2-5-10/h9-10,12,19H,1-8H2. The maximum atomic E-state index is 9.52. The molecular weight excluding hydrogens is 262 g/mol. The number of hydrogen-bond donors (Lipinski definition) is 1. The van der Waals surface area contributed by atoms with Crippen molar-refractivity contribution >= 4 is 17.4 Å². The molecule has 1 saturated carbocycles. The van der Waals surface area contributed by atoms with Gasteiger partial charge >= 0.3 is 0 Å². The van der Waals surface area contributed by atoms with Crippen LogP contribution in [-0.4, -0.2) is 27.7 Å². The monoisotopic (exact) mass is 281 g/mol. The van der Waals surface area contributed by atoms with Gasteiger partial charge in [0, 0.05) is 12.6 Å². The summed E-state index contributed by atoms with van der Waals surface area (Å²) in [6.45, 7) is 0.921. The second kappa shape index (κ2) is 5.63. The van der Waals surface area contributed by atoms with Crippen LogP contribution < -0.4 is 4.90 Å². The van der Waals surface area contributed by atoms with E-state index in [9.17, 15) is 5.11 Å². The lowest BCUT2D eigenvalue weighted by Gasteiger charge is -2.31. The van der Waals surface area contributed by atoms with Crippen LogP contribution in [0, 0.1) is 5.92 Å². The first-order chi connectivity index (χ1) is 9.31. The molecule has 1 aromatic rings. The number of anilines is 1. The van der Waals surface area contributed by atoms with E-state index in [1.54, 1.807) is 0 Å². The highest BCUT2D eigenvalue weighted by Gasteiger charge is 2.35. The van der Waals surface area contributed by atoms with Gasteiger partial charge in [-0.15, -0.1) is 0 Å². The van der Waals surface area contributed by atoms with Gasteiger partial charge in [-0.05, 0) is 31.6 Å². The van der Waals surface area contributed by atoms with Gasteiger partial charge in [0.15, 0.2) is 0 Å². The highest BCUT2D eigenvalue weighted by Crippen LogP contribution is 2.38. The molecule has 5 heteroatoms. The molecule has 2 heterocycles. The molecular formula is C14H20ClN3O. The van der Waals surface area contributed by atoms with Crippen molar-refractivity contribution in [2.75, 3.05) is 11.4 Å². The van der Waals surface area contributed by atoms with Crippen molar-refractivity contribution in [1.82, 2.24) is 9.97 Å². The third-order valence-electron chi connectivity index (χ3n) is 4.54. The Hall–Kier alpha value is -0.870. The van der Waals surface area contributed by atoms with Crippen molar-refractivity contribution in [3.05, 3.63) is 17.0 Å². The summed E-state index contributed by atoms with van der Waals surface area (Å²) in [5.74, 6) is 1.62. The largest absolute Gasteiger partial charge is 0.391 e. The predicted octanol–water partition coefficient (Wildman–Crippen LogP) is 2.78. The van der Waals surface area contributed by atoms with E-state index in [1.165, 1.54) is 44.9 Å². The molecule has 3 rings (SSSR count). The molecule has 1 unspecified atom stereocenters. The number of halogens is 1. The summed E-state index contributed by atoms with van der Waals surface area (Å²) >= 11 is 6.08. The Kier molecular flexibility index (Phi) is 3.89. The summed E-state index contributed by atoms with van der Waals surface area (Å²) < 4.78 is 0. The number of hydrogen-bond acceptors (Lipinski definition) is 4. The van der Waals surface area contributed by atoms with E-state index in [-0.39, 0.29) is 6.61 Å². The number of rotatable bonds is 3. The Labute approximate surface area is 118 Å². The van der Waals surface area contributed by atoms with Crippen LogP contribution in [0.25, 0.3) is 0 Å². The van der Waals surface area contributed by atoms with E-state index >= 15 is 0 Å². The molecule has 19 heavy (non-hydrogen) atoms. The number of aliphatic hydroxyl groups excluding tert-OH is 1. The average Bonchev–Trinajstić information content (AvgIpc) is 3.09. The Bertz CT molecular complexity index is 448. The Morgan fingerprint density at radius 2 is 2.00 bits per heavy atom. The van der Waals surface area contributed by atoms with Crippen molar-refractivity contribution in [1.29, 1.82) is 0 Å². The molecule has 0 amide bonds. The minimum Gasteiger partial charge on any atom is -0.391 e. The summed E-state index contributed by atoms with van der Waals surface area (Å²) in [5.41, 5.74) is 0.675. The fourth-order valence-corrected chi connectivity index (χ4v) is 3.84. The SMILES string of the molecule is OCc1c(Cl)ncnc1N1CCCC1C1CCCC1. The quantitative estimate of drug-likeness (QED) is 0.866. The maximum Gasteiger partial charge on any atom is 0.140 e. The van der Waals surface area contributed by atoms with Crippen LogP contribution >= 0.6 is 11.6 Å². The highest BCUT2D eigenvalue weighted by molar-refractivity contribution is 6.30. The van der Waals surface area contributed by atoms with Crippen LogP contribution in [0.2, 0.25) is 5.15 Å². The third kappa shape index (κ3) is 2.43. The van der Waals surface area contributed by atoms with Crippen LogP contribution in [0.1, 0.15) is 44.1 Å². The fourth-order valence-electron chi connectivity index (χ4n) is 3.65. The molecule has 1 aliphatic carbocycles. The smallest absolute Gasteiger partial charge is 0.140 e.